The van der Waals surface area contributed by atoms with Crippen LogP contribution in [0.5, 0.6) is 0 Å². The van der Waals surface area contributed by atoms with E-state index in [1.807, 2.05) is 0 Å². The smallest absolute Gasteiger partial charge is 0.416 e. The maximum Gasteiger partial charge on any atom is 0.416 e. The number of benzene rings is 1. The van der Waals surface area contributed by atoms with Crippen molar-refractivity contribution in [3.63, 3.8) is 0 Å². The van der Waals surface area contributed by atoms with E-state index < -0.39 is 23.8 Å². The number of aliphatic carboxylic acids is 1. The summed E-state index contributed by atoms with van der Waals surface area (Å²) in [6.45, 7) is 0. The highest BCUT2D eigenvalue weighted by molar-refractivity contribution is 5.74. The number of carbonyl (C=O) groups is 1. The highest BCUT2D eigenvalue weighted by atomic mass is 19.4. The minimum Gasteiger partial charge on any atom is -0.479 e. The van der Waals surface area contributed by atoms with Gasteiger partial charge in [-0.3, -0.25) is 4.84 Å². The highest BCUT2D eigenvalue weighted by Crippen LogP contribution is 2.31. The summed E-state index contributed by atoms with van der Waals surface area (Å²) in [5, 5.41) is 8.63. The molecule has 3 N–H and O–H groups in total. The standard InChI is InChI=1S/C9H8F3NO3/c10-9(11,12)6-3-1-2-5(4-6)7(16-13)8(14)15/h1-4,7H,13H2,(H,14,15). The Hall–Kier alpha value is -1.60. The maximum absolute atomic E-state index is 12.3. The lowest BCUT2D eigenvalue weighted by Gasteiger charge is -2.12. The molecule has 0 saturated heterocycles. The van der Waals surface area contributed by atoms with Crippen LogP contribution in [0.4, 0.5) is 13.2 Å². The number of rotatable bonds is 3. The number of alkyl halides is 3. The van der Waals surface area contributed by atoms with Crippen molar-refractivity contribution in [3.05, 3.63) is 35.4 Å². The van der Waals surface area contributed by atoms with E-state index >= 15 is 0 Å². The monoisotopic (exact) mass is 235 g/mol. The van der Waals surface area contributed by atoms with Crippen LogP contribution in [-0.2, 0) is 15.8 Å². The van der Waals surface area contributed by atoms with Gasteiger partial charge in [0.05, 0.1) is 5.56 Å². The van der Waals surface area contributed by atoms with Crippen LogP contribution in [0.25, 0.3) is 0 Å². The second-order valence-corrected chi connectivity index (χ2v) is 2.98. The first-order valence-electron chi connectivity index (χ1n) is 4.11. The van der Waals surface area contributed by atoms with Gasteiger partial charge in [0.25, 0.3) is 0 Å². The fourth-order valence-electron chi connectivity index (χ4n) is 1.16. The van der Waals surface area contributed by atoms with E-state index in [-0.39, 0.29) is 5.56 Å². The molecule has 7 heteroatoms. The summed E-state index contributed by atoms with van der Waals surface area (Å²) in [6, 6.07) is 3.80. The first-order chi connectivity index (χ1) is 7.36. The van der Waals surface area contributed by atoms with Crippen molar-refractivity contribution in [2.75, 3.05) is 0 Å². The maximum atomic E-state index is 12.3. The average Bonchev–Trinajstić information content (AvgIpc) is 2.17. The molecule has 0 fully saturated rings. The molecule has 0 radical (unpaired) electrons. The van der Waals surface area contributed by atoms with Crippen molar-refractivity contribution in [2.45, 2.75) is 12.3 Å². The number of carboxylic acid groups (broad SMARTS) is 1. The largest absolute Gasteiger partial charge is 0.479 e. The normalized spacial score (nSPS) is 13.5. The van der Waals surface area contributed by atoms with Crippen LogP contribution in [-0.4, -0.2) is 11.1 Å². The Kier molecular flexibility index (Phi) is 3.51. The first-order valence-corrected chi connectivity index (χ1v) is 4.11. The summed E-state index contributed by atoms with van der Waals surface area (Å²) in [5.74, 6) is 3.25. The Balaban J connectivity index is 3.11. The van der Waals surface area contributed by atoms with Crippen LogP contribution < -0.4 is 5.90 Å². The molecule has 88 valence electrons. The third-order valence-corrected chi connectivity index (χ3v) is 1.88. The molecule has 0 heterocycles. The summed E-state index contributed by atoms with van der Waals surface area (Å²) in [5.41, 5.74) is -1.11. The van der Waals surface area contributed by atoms with E-state index in [4.69, 9.17) is 11.0 Å². The molecule has 1 aromatic carbocycles. The van der Waals surface area contributed by atoms with Gasteiger partial charge in [0.15, 0.2) is 0 Å². The Morgan fingerprint density at radius 2 is 2.06 bits per heavy atom. The topological polar surface area (TPSA) is 72.5 Å². The predicted molar refractivity (Wildman–Crippen MR) is 47.1 cm³/mol. The average molecular weight is 235 g/mol. The highest BCUT2D eigenvalue weighted by Gasteiger charge is 2.31. The number of hydrogen-bond acceptors (Lipinski definition) is 3. The van der Waals surface area contributed by atoms with Gasteiger partial charge in [-0.1, -0.05) is 12.1 Å². The van der Waals surface area contributed by atoms with Gasteiger partial charge < -0.3 is 5.11 Å². The van der Waals surface area contributed by atoms with E-state index in [9.17, 15) is 18.0 Å². The lowest BCUT2D eigenvalue weighted by atomic mass is 10.1. The Bertz CT molecular complexity index is 392. The molecule has 0 amide bonds. The van der Waals surface area contributed by atoms with Crippen LogP contribution in [0.3, 0.4) is 0 Å². The van der Waals surface area contributed by atoms with Crippen LogP contribution in [0, 0.1) is 0 Å². The lowest BCUT2D eigenvalue weighted by Crippen LogP contribution is -2.19. The molecule has 1 aromatic rings. The van der Waals surface area contributed by atoms with Gasteiger partial charge in [-0.05, 0) is 17.7 Å². The second kappa shape index (κ2) is 4.50. The summed E-state index contributed by atoms with van der Waals surface area (Å²) in [7, 11) is 0. The molecular weight excluding hydrogens is 227 g/mol. The molecule has 0 aliphatic rings. The van der Waals surface area contributed by atoms with Gasteiger partial charge in [-0.25, -0.2) is 10.7 Å². The van der Waals surface area contributed by atoms with E-state index in [0.29, 0.717) is 6.07 Å². The van der Waals surface area contributed by atoms with Crippen LogP contribution in [0.1, 0.15) is 17.2 Å². The lowest BCUT2D eigenvalue weighted by molar-refractivity contribution is -0.151. The zero-order valence-electron chi connectivity index (χ0n) is 7.86. The summed E-state index contributed by atoms with van der Waals surface area (Å²) in [4.78, 5) is 14.7. The third-order valence-electron chi connectivity index (χ3n) is 1.88. The zero-order valence-corrected chi connectivity index (χ0v) is 7.86. The fourth-order valence-corrected chi connectivity index (χ4v) is 1.16. The summed E-state index contributed by atoms with van der Waals surface area (Å²) in [6.07, 6.45) is -6.14. The van der Waals surface area contributed by atoms with Crippen LogP contribution >= 0.6 is 0 Å². The molecule has 16 heavy (non-hydrogen) atoms. The third kappa shape index (κ3) is 2.71. The number of nitrogens with two attached hydrogens (primary N) is 1. The number of carboxylic acids is 1. The van der Waals surface area contributed by atoms with Gasteiger partial charge in [0, 0.05) is 0 Å². The minimum atomic E-state index is -4.53. The molecule has 0 aliphatic heterocycles. The van der Waals surface area contributed by atoms with Gasteiger partial charge >= 0.3 is 12.1 Å². The molecule has 0 spiro atoms. The zero-order chi connectivity index (χ0) is 12.3. The van der Waals surface area contributed by atoms with E-state index in [1.54, 1.807) is 0 Å². The first kappa shape index (κ1) is 12.5. The number of hydrogen-bond donors (Lipinski definition) is 2. The van der Waals surface area contributed by atoms with Crippen molar-refractivity contribution >= 4 is 5.97 Å². The van der Waals surface area contributed by atoms with Gasteiger partial charge in [-0.15, -0.1) is 0 Å². The Morgan fingerprint density at radius 1 is 1.44 bits per heavy atom. The van der Waals surface area contributed by atoms with Gasteiger partial charge in [0.2, 0.25) is 6.10 Å². The Labute approximate surface area is 88.4 Å². The minimum absolute atomic E-state index is 0.162. The molecule has 0 bridgehead atoms. The van der Waals surface area contributed by atoms with E-state index in [1.165, 1.54) is 6.07 Å². The summed E-state index contributed by atoms with van der Waals surface area (Å²) < 4.78 is 37.0. The Morgan fingerprint density at radius 3 is 2.50 bits per heavy atom. The molecular formula is C9H8F3NO3. The van der Waals surface area contributed by atoms with E-state index in [0.717, 1.165) is 12.1 Å². The molecule has 4 nitrogen and oxygen atoms in total. The van der Waals surface area contributed by atoms with Crippen molar-refractivity contribution < 1.29 is 27.9 Å². The summed E-state index contributed by atoms with van der Waals surface area (Å²) >= 11 is 0. The molecule has 0 saturated carbocycles. The SMILES string of the molecule is NOC(C(=O)O)c1cccc(C(F)(F)F)c1. The number of halogens is 3. The molecule has 1 atom stereocenters. The fraction of sp³-hybridized carbons (Fsp3) is 0.222. The molecule has 1 unspecified atom stereocenters. The van der Waals surface area contributed by atoms with Crippen molar-refractivity contribution in [2.24, 2.45) is 5.90 Å². The van der Waals surface area contributed by atoms with Crippen LogP contribution in [0.2, 0.25) is 0 Å². The van der Waals surface area contributed by atoms with E-state index in [2.05, 4.69) is 4.84 Å². The van der Waals surface area contributed by atoms with Gasteiger partial charge in [-0.2, -0.15) is 13.2 Å². The van der Waals surface area contributed by atoms with Crippen molar-refractivity contribution in [1.82, 2.24) is 0 Å². The van der Waals surface area contributed by atoms with Gasteiger partial charge in [0.1, 0.15) is 0 Å². The molecule has 0 aromatic heterocycles. The van der Waals surface area contributed by atoms with Crippen LogP contribution in [0.15, 0.2) is 24.3 Å². The predicted octanol–water partition coefficient (Wildman–Crippen LogP) is 1.72. The quantitative estimate of drug-likeness (QED) is 0.782. The molecule has 1 rings (SSSR count). The van der Waals surface area contributed by atoms with Crippen molar-refractivity contribution in [1.29, 1.82) is 0 Å². The van der Waals surface area contributed by atoms with Crippen molar-refractivity contribution in [3.8, 4) is 0 Å². The second-order valence-electron chi connectivity index (χ2n) is 2.98. The molecule has 0 aliphatic carbocycles.